The van der Waals surface area contributed by atoms with Crippen molar-refractivity contribution in [1.29, 1.82) is 0 Å². The highest BCUT2D eigenvalue weighted by molar-refractivity contribution is 6.30. The maximum absolute atomic E-state index is 11.4. The van der Waals surface area contributed by atoms with Crippen LogP contribution in [0.2, 0.25) is 5.02 Å². The summed E-state index contributed by atoms with van der Waals surface area (Å²) < 4.78 is 43.4. The van der Waals surface area contributed by atoms with E-state index >= 15 is 0 Å². The average molecular weight is 553 g/mol. The fourth-order valence-corrected chi connectivity index (χ4v) is 3.72. The molecule has 3 N–H and O–H groups in total. The van der Waals surface area contributed by atoms with Gasteiger partial charge in [0.1, 0.15) is 18.2 Å². The molecule has 202 valence electrons. The molecule has 0 spiro atoms. The summed E-state index contributed by atoms with van der Waals surface area (Å²) in [5.41, 5.74) is 1.80. The summed E-state index contributed by atoms with van der Waals surface area (Å²) in [7, 11) is 1.60. The number of nitrogens with one attached hydrogen (secondary N) is 2. The number of halogens is 4. The lowest BCUT2D eigenvalue weighted by Gasteiger charge is -2.35. The molecule has 1 saturated carbocycles. The Morgan fingerprint density at radius 1 is 1.21 bits per heavy atom. The third-order valence-electron chi connectivity index (χ3n) is 5.43. The molecule has 2 aromatic carbocycles. The van der Waals surface area contributed by atoms with Gasteiger partial charge in [0.25, 0.3) is 0 Å². The second-order valence-electron chi connectivity index (χ2n) is 8.15. The van der Waals surface area contributed by atoms with E-state index < -0.39 is 12.1 Å². The Morgan fingerprint density at radius 2 is 1.92 bits per heavy atom. The lowest BCUT2D eigenvalue weighted by atomic mass is 9.89. The Morgan fingerprint density at radius 3 is 2.53 bits per heavy atom. The Bertz CT molecular complexity index is 1320. The second-order valence-corrected chi connectivity index (χ2v) is 8.59. The first-order valence-electron chi connectivity index (χ1n) is 11.2. The molecule has 9 nitrogen and oxygen atoms in total. The zero-order valence-electron chi connectivity index (χ0n) is 20.1. The number of carboxylic acid groups (broad SMARTS) is 1. The number of aromatic nitrogens is 2. The molecule has 0 atom stereocenters. The predicted molar refractivity (Wildman–Crippen MR) is 134 cm³/mol. The van der Waals surface area contributed by atoms with Crippen molar-refractivity contribution in [1.82, 2.24) is 15.3 Å². The average Bonchev–Trinajstić information content (AvgIpc) is 2.85. The van der Waals surface area contributed by atoms with Crippen molar-refractivity contribution in [3.63, 3.8) is 0 Å². The summed E-state index contributed by atoms with van der Waals surface area (Å²) in [6.07, 6.45) is -0.841. The highest BCUT2D eigenvalue weighted by Crippen LogP contribution is 2.37. The highest BCUT2D eigenvalue weighted by Gasteiger charge is 2.38. The number of amides is 1. The van der Waals surface area contributed by atoms with Crippen LogP contribution in [0.5, 0.6) is 11.5 Å². The van der Waals surface area contributed by atoms with Gasteiger partial charge in [-0.2, -0.15) is 13.2 Å². The van der Waals surface area contributed by atoms with Gasteiger partial charge in [-0.05, 0) is 29.8 Å². The van der Waals surface area contributed by atoms with E-state index in [1.54, 1.807) is 7.11 Å². The largest absolute Gasteiger partial charge is 0.493 e. The van der Waals surface area contributed by atoms with Crippen LogP contribution < -0.4 is 20.1 Å². The number of alkyl halides is 3. The van der Waals surface area contributed by atoms with Gasteiger partial charge in [0.2, 0.25) is 5.91 Å². The van der Waals surface area contributed by atoms with Crippen LogP contribution in [0.15, 0.2) is 55.4 Å². The number of carbonyl (C=O) groups excluding carboxylic acids is 1. The molecule has 13 heteroatoms. The van der Waals surface area contributed by atoms with Crippen LogP contribution in [0.4, 0.5) is 19.0 Å². The first-order valence-corrected chi connectivity index (χ1v) is 11.6. The minimum absolute atomic E-state index is 0.00559. The number of hydrogen-bond donors (Lipinski definition) is 3. The van der Waals surface area contributed by atoms with Gasteiger partial charge in [-0.25, -0.2) is 14.8 Å². The number of rotatable bonds is 8. The van der Waals surface area contributed by atoms with Crippen molar-refractivity contribution in [3.8, 4) is 11.5 Å². The summed E-state index contributed by atoms with van der Waals surface area (Å²) >= 11 is 6.08. The zero-order valence-corrected chi connectivity index (χ0v) is 20.8. The molecule has 1 heterocycles. The number of carbonyl (C=O) groups is 2. The number of nitrogens with zero attached hydrogens (tertiary/aromatic N) is 2. The number of ether oxygens (including phenoxy) is 2. The number of anilines is 1. The lowest BCUT2D eigenvalue weighted by molar-refractivity contribution is -0.192. The van der Waals surface area contributed by atoms with Crippen LogP contribution in [0, 0.1) is 0 Å². The Kier molecular flexibility index (Phi) is 9.35. The molecular formula is C25H24ClF3N4O5. The SMILES string of the molecule is C=CC(=O)NC1CC(Oc2cc3c(NCc4cccc(Cl)c4)ncnc3cc2OC)C1.O=C(O)C(F)(F)F. The van der Waals surface area contributed by atoms with E-state index in [0.29, 0.717) is 28.9 Å². The van der Waals surface area contributed by atoms with Crippen LogP contribution >= 0.6 is 11.6 Å². The molecule has 4 rings (SSSR count). The van der Waals surface area contributed by atoms with Gasteiger partial charge in [-0.3, -0.25) is 4.79 Å². The Labute approximate surface area is 220 Å². The third kappa shape index (κ3) is 7.72. The van der Waals surface area contributed by atoms with Crippen LogP contribution in [-0.4, -0.2) is 52.4 Å². The Balaban J connectivity index is 0.000000505. The fourth-order valence-electron chi connectivity index (χ4n) is 3.51. The quantitative estimate of drug-likeness (QED) is 0.342. The zero-order chi connectivity index (χ0) is 27.9. The first-order chi connectivity index (χ1) is 18.0. The van der Waals surface area contributed by atoms with Gasteiger partial charge in [0.15, 0.2) is 11.5 Å². The molecule has 1 amide bonds. The maximum Gasteiger partial charge on any atom is 0.490 e. The van der Waals surface area contributed by atoms with Crippen molar-refractivity contribution >= 4 is 40.2 Å². The van der Waals surface area contributed by atoms with E-state index in [2.05, 4.69) is 27.2 Å². The van der Waals surface area contributed by atoms with Gasteiger partial charge in [0, 0.05) is 41.9 Å². The Hall–Kier alpha value is -4.06. The van der Waals surface area contributed by atoms with E-state index in [0.717, 1.165) is 29.3 Å². The maximum atomic E-state index is 11.4. The van der Waals surface area contributed by atoms with E-state index in [-0.39, 0.29) is 18.1 Å². The number of hydrogen-bond acceptors (Lipinski definition) is 7. The van der Waals surface area contributed by atoms with Crippen molar-refractivity contribution in [3.05, 3.63) is 66.0 Å². The number of fused-ring (bicyclic) bond motifs is 1. The molecule has 1 aliphatic carbocycles. The minimum Gasteiger partial charge on any atom is -0.493 e. The van der Waals surface area contributed by atoms with Crippen molar-refractivity contribution in [2.24, 2.45) is 0 Å². The third-order valence-corrected chi connectivity index (χ3v) is 5.67. The van der Waals surface area contributed by atoms with Gasteiger partial charge in [0.05, 0.1) is 12.6 Å². The molecule has 1 aliphatic rings. The van der Waals surface area contributed by atoms with Gasteiger partial charge < -0.3 is 25.2 Å². The summed E-state index contributed by atoms with van der Waals surface area (Å²) in [5, 5.41) is 14.9. The highest BCUT2D eigenvalue weighted by atomic mass is 35.5. The monoisotopic (exact) mass is 552 g/mol. The molecule has 38 heavy (non-hydrogen) atoms. The second kappa shape index (κ2) is 12.5. The summed E-state index contributed by atoms with van der Waals surface area (Å²) in [6.45, 7) is 4.04. The van der Waals surface area contributed by atoms with Crippen LogP contribution in [0.25, 0.3) is 10.9 Å². The molecule has 0 saturated heterocycles. The molecule has 1 aromatic heterocycles. The van der Waals surface area contributed by atoms with Gasteiger partial charge in [-0.1, -0.05) is 30.3 Å². The smallest absolute Gasteiger partial charge is 0.490 e. The molecule has 0 radical (unpaired) electrons. The van der Waals surface area contributed by atoms with Crippen LogP contribution in [-0.2, 0) is 16.1 Å². The lowest BCUT2D eigenvalue weighted by Crippen LogP contribution is -2.48. The van der Waals surface area contributed by atoms with E-state index in [1.807, 2.05) is 36.4 Å². The van der Waals surface area contributed by atoms with Gasteiger partial charge >= 0.3 is 12.1 Å². The number of aliphatic carboxylic acids is 1. The van der Waals surface area contributed by atoms with Crippen molar-refractivity contribution in [2.75, 3.05) is 12.4 Å². The number of methoxy groups -OCH3 is 1. The standard InChI is InChI=1S/C23H23ClN4O3.C2HF3O2/c1-3-22(29)28-16-8-17(9-16)31-21-10-18-19(11-20(21)30-2)26-13-27-23(18)25-12-14-5-4-6-15(24)7-14;3-2(4,5)1(6)7/h3-7,10-11,13,16-17H,1,8-9,12H2,2H3,(H,28,29)(H,25,26,27);(H,6,7). The molecule has 0 bridgehead atoms. The van der Waals surface area contributed by atoms with Gasteiger partial charge in [-0.15, -0.1) is 0 Å². The summed E-state index contributed by atoms with van der Waals surface area (Å²) in [5.74, 6) is -1.01. The number of benzene rings is 2. The number of carboxylic acids is 1. The minimum atomic E-state index is -5.08. The molecule has 1 fully saturated rings. The molecule has 0 unspecified atom stereocenters. The van der Waals surface area contributed by atoms with Crippen LogP contribution in [0.3, 0.4) is 0 Å². The molecular weight excluding hydrogens is 529 g/mol. The summed E-state index contributed by atoms with van der Waals surface area (Å²) in [6, 6.07) is 11.5. The molecule has 0 aliphatic heterocycles. The van der Waals surface area contributed by atoms with E-state index in [9.17, 15) is 18.0 Å². The summed E-state index contributed by atoms with van der Waals surface area (Å²) in [4.78, 5) is 29.1. The van der Waals surface area contributed by atoms with Crippen LogP contribution in [0.1, 0.15) is 18.4 Å². The van der Waals surface area contributed by atoms with E-state index in [1.165, 1.54) is 12.4 Å². The van der Waals surface area contributed by atoms with Crippen molar-refractivity contribution in [2.45, 2.75) is 37.7 Å². The topological polar surface area (TPSA) is 123 Å². The molecule has 3 aromatic rings. The van der Waals surface area contributed by atoms with E-state index in [4.69, 9.17) is 31.0 Å². The predicted octanol–water partition coefficient (Wildman–Crippen LogP) is 4.75. The van der Waals surface area contributed by atoms with Crippen molar-refractivity contribution < 1.29 is 37.3 Å². The normalized spacial score (nSPS) is 16.3. The fraction of sp³-hybridized carbons (Fsp3) is 0.280. The first kappa shape index (κ1) is 28.5.